The number of carboxylic acids is 1. The fourth-order valence-corrected chi connectivity index (χ4v) is 0.854. The Morgan fingerprint density at radius 2 is 1.92 bits per heavy atom. The first kappa shape index (κ1) is 12.3. The van der Waals surface area contributed by atoms with Crippen LogP contribution in [0.5, 0.6) is 0 Å². The van der Waals surface area contributed by atoms with Crippen LogP contribution in [-0.2, 0) is 4.79 Å². The first-order valence-corrected chi connectivity index (χ1v) is 3.93. The summed E-state index contributed by atoms with van der Waals surface area (Å²) in [5.41, 5.74) is 5.36. The molecule has 0 fully saturated rings. The van der Waals surface area contributed by atoms with E-state index in [-0.39, 0.29) is 12.8 Å². The lowest BCUT2D eigenvalue weighted by Gasteiger charge is -2.21. The number of carbonyl (C=O) groups is 1. The molecule has 0 saturated carbocycles. The molecule has 0 unspecified atom stereocenters. The molecule has 0 amide bonds. The fraction of sp³-hybridized carbons (Fsp3) is 0.857. The molecule has 3 atom stereocenters. The lowest BCUT2D eigenvalue weighted by Crippen LogP contribution is -2.44. The number of hydrogen-bond acceptors (Lipinski definition) is 5. The molecule has 0 aliphatic rings. The third kappa shape index (κ3) is 4.79. The molecule has 6 N–H and O–H groups in total. The van der Waals surface area contributed by atoms with E-state index in [9.17, 15) is 9.90 Å². The van der Waals surface area contributed by atoms with Crippen molar-refractivity contribution in [3.05, 3.63) is 0 Å². The number of aliphatic hydroxyl groups is 3. The molecule has 6 nitrogen and oxygen atoms in total. The monoisotopic (exact) mass is 193 g/mol. The van der Waals surface area contributed by atoms with E-state index in [1.807, 2.05) is 0 Å². The van der Waals surface area contributed by atoms with Gasteiger partial charge in [-0.3, -0.25) is 4.79 Å². The van der Waals surface area contributed by atoms with Crippen LogP contribution in [0.1, 0.15) is 12.8 Å². The molecule has 78 valence electrons. The number of aliphatic carboxylic acids is 1. The first-order valence-electron chi connectivity index (χ1n) is 3.93. The molecule has 13 heavy (non-hydrogen) atoms. The maximum Gasteiger partial charge on any atom is 0.303 e. The first-order chi connectivity index (χ1) is 5.99. The van der Waals surface area contributed by atoms with Crippen molar-refractivity contribution in [3.8, 4) is 0 Å². The van der Waals surface area contributed by atoms with E-state index in [2.05, 4.69) is 0 Å². The Balaban J connectivity index is 3.81. The summed E-state index contributed by atoms with van der Waals surface area (Å²) in [5, 5.41) is 34.8. The van der Waals surface area contributed by atoms with Gasteiger partial charge in [0.15, 0.2) is 0 Å². The van der Waals surface area contributed by atoms with Crippen LogP contribution in [0.15, 0.2) is 0 Å². The van der Waals surface area contributed by atoms with Gasteiger partial charge in [-0.1, -0.05) is 0 Å². The average Bonchev–Trinajstić information content (AvgIpc) is 2.11. The highest BCUT2D eigenvalue weighted by atomic mass is 16.4. The van der Waals surface area contributed by atoms with E-state index in [1.165, 1.54) is 0 Å². The second-order valence-electron chi connectivity index (χ2n) is 2.84. The van der Waals surface area contributed by atoms with Crippen LogP contribution in [0.2, 0.25) is 0 Å². The molecule has 0 rings (SSSR count). The van der Waals surface area contributed by atoms with Crippen molar-refractivity contribution in [1.82, 2.24) is 0 Å². The van der Waals surface area contributed by atoms with Gasteiger partial charge in [-0.05, 0) is 6.42 Å². The Kier molecular flexibility index (Phi) is 5.56. The normalized spacial score (nSPS) is 17.8. The summed E-state index contributed by atoms with van der Waals surface area (Å²) in [7, 11) is 0. The van der Waals surface area contributed by atoms with Crippen LogP contribution in [-0.4, -0.2) is 51.3 Å². The Morgan fingerprint density at radius 1 is 1.38 bits per heavy atom. The minimum atomic E-state index is -1.32. The van der Waals surface area contributed by atoms with E-state index in [1.54, 1.807) is 0 Å². The van der Waals surface area contributed by atoms with Crippen LogP contribution < -0.4 is 5.73 Å². The molecule has 0 aliphatic heterocycles. The quantitative estimate of drug-likeness (QED) is 0.329. The van der Waals surface area contributed by atoms with Crippen molar-refractivity contribution in [2.24, 2.45) is 5.73 Å². The second kappa shape index (κ2) is 5.87. The molecule has 0 bridgehead atoms. The zero-order chi connectivity index (χ0) is 10.4. The van der Waals surface area contributed by atoms with Crippen LogP contribution in [0.3, 0.4) is 0 Å². The van der Waals surface area contributed by atoms with Crippen molar-refractivity contribution in [2.75, 3.05) is 6.61 Å². The van der Waals surface area contributed by atoms with Gasteiger partial charge in [0.05, 0.1) is 12.7 Å². The maximum atomic E-state index is 10.1. The lowest BCUT2D eigenvalue weighted by molar-refractivity contribution is -0.137. The van der Waals surface area contributed by atoms with Gasteiger partial charge in [0.1, 0.15) is 6.10 Å². The van der Waals surface area contributed by atoms with Crippen LogP contribution in [0, 0.1) is 0 Å². The van der Waals surface area contributed by atoms with E-state index >= 15 is 0 Å². The van der Waals surface area contributed by atoms with E-state index < -0.39 is 30.8 Å². The smallest absolute Gasteiger partial charge is 0.303 e. The Labute approximate surface area is 75.6 Å². The summed E-state index contributed by atoms with van der Waals surface area (Å²) in [5.74, 6) is -1.01. The zero-order valence-electron chi connectivity index (χ0n) is 7.13. The number of rotatable bonds is 6. The summed E-state index contributed by atoms with van der Waals surface area (Å²) >= 11 is 0. The maximum absolute atomic E-state index is 10.1. The molecule has 0 heterocycles. The molecular weight excluding hydrogens is 178 g/mol. The van der Waals surface area contributed by atoms with E-state index in [0.29, 0.717) is 0 Å². The second-order valence-corrected chi connectivity index (χ2v) is 2.84. The van der Waals surface area contributed by atoms with Gasteiger partial charge in [-0.25, -0.2) is 0 Å². The molecule has 0 aromatic carbocycles. The summed E-state index contributed by atoms with van der Waals surface area (Å²) < 4.78 is 0. The van der Waals surface area contributed by atoms with Crippen LogP contribution >= 0.6 is 0 Å². The molecular formula is C7H15NO5. The highest BCUT2D eigenvalue weighted by Crippen LogP contribution is 2.04. The summed E-state index contributed by atoms with van der Waals surface area (Å²) in [4.78, 5) is 10.1. The average molecular weight is 193 g/mol. The largest absolute Gasteiger partial charge is 0.481 e. The van der Waals surface area contributed by atoms with Crippen molar-refractivity contribution in [2.45, 2.75) is 31.1 Å². The van der Waals surface area contributed by atoms with Gasteiger partial charge in [0, 0.05) is 12.5 Å². The molecule has 0 aromatic rings. The third-order valence-corrected chi connectivity index (χ3v) is 1.71. The summed E-state index contributed by atoms with van der Waals surface area (Å²) in [6.07, 6.45) is -2.71. The highest BCUT2D eigenvalue weighted by molar-refractivity contribution is 5.66. The molecule has 6 heteroatoms. The molecule has 0 saturated heterocycles. The fourth-order valence-electron chi connectivity index (χ4n) is 0.854. The Hall–Kier alpha value is -0.690. The number of nitrogens with two attached hydrogens (primary N) is 1. The predicted octanol–water partition coefficient (Wildman–Crippen LogP) is -2.11. The summed E-state index contributed by atoms with van der Waals surface area (Å²) in [6.45, 7) is -0.595. The van der Waals surface area contributed by atoms with Gasteiger partial charge < -0.3 is 26.2 Å². The molecule has 0 radical (unpaired) electrons. The Morgan fingerprint density at radius 3 is 2.31 bits per heavy atom. The lowest BCUT2D eigenvalue weighted by atomic mass is 10.0. The predicted molar refractivity (Wildman–Crippen MR) is 43.9 cm³/mol. The van der Waals surface area contributed by atoms with Gasteiger partial charge in [0.25, 0.3) is 0 Å². The van der Waals surface area contributed by atoms with Crippen LogP contribution in [0.4, 0.5) is 0 Å². The van der Waals surface area contributed by atoms with Gasteiger partial charge in [0.2, 0.25) is 0 Å². The highest BCUT2D eigenvalue weighted by Gasteiger charge is 2.22. The van der Waals surface area contributed by atoms with Crippen molar-refractivity contribution >= 4 is 5.97 Å². The minimum Gasteiger partial charge on any atom is -0.481 e. The van der Waals surface area contributed by atoms with Crippen molar-refractivity contribution in [3.63, 3.8) is 0 Å². The number of carboxylic acid groups (broad SMARTS) is 1. The zero-order valence-corrected chi connectivity index (χ0v) is 7.13. The minimum absolute atomic E-state index is 0.0631. The van der Waals surface area contributed by atoms with Crippen LogP contribution in [0.25, 0.3) is 0 Å². The molecule has 0 spiro atoms. The Bertz CT molecular complexity index is 163. The number of hydrogen-bond donors (Lipinski definition) is 5. The van der Waals surface area contributed by atoms with E-state index in [4.69, 9.17) is 21.1 Å². The SMILES string of the molecule is N[C@H](CCC(=O)O)[C@H](O)[C@H](O)CO. The van der Waals surface area contributed by atoms with Gasteiger partial charge in [-0.2, -0.15) is 0 Å². The van der Waals surface area contributed by atoms with Crippen molar-refractivity contribution < 1.29 is 25.2 Å². The van der Waals surface area contributed by atoms with Crippen molar-refractivity contribution in [1.29, 1.82) is 0 Å². The topological polar surface area (TPSA) is 124 Å². The third-order valence-electron chi connectivity index (χ3n) is 1.71. The van der Waals surface area contributed by atoms with E-state index in [0.717, 1.165) is 0 Å². The van der Waals surface area contributed by atoms with Gasteiger partial charge in [-0.15, -0.1) is 0 Å². The van der Waals surface area contributed by atoms with Gasteiger partial charge >= 0.3 is 5.97 Å². The summed E-state index contributed by atoms with van der Waals surface area (Å²) in [6, 6.07) is -0.835. The standard InChI is InChI=1S/C7H15NO5/c8-4(1-2-6(11)12)7(13)5(10)3-9/h4-5,7,9-10,13H,1-3,8H2,(H,11,12)/t4-,5-,7+/m1/s1. The molecule has 0 aliphatic carbocycles. The number of aliphatic hydroxyl groups excluding tert-OH is 3. The molecule has 0 aromatic heterocycles.